The lowest BCUT2D eigenvalue weighted by atomic mass is 10.1. The Morgan fingerprint density at radius 1 is 1.59 bits per heavy atom. The summed E-state index contributed by atoms with van der Waals surface area (Å²) >= 11 is 0. The number of morpholine rings is 1. The average Bonchev–Trinajstić information content (AvgIpc) is 2.29. The molecule has 4 heteroatoms. The molecule has 17 heavy (non-hydrogen) atoms. The highest BCUT2D eigenvalue weighted by molar-refractivity contribution is 5.95. The molecule has 0 radical (unpaired) electrons. The number of nitrogens with two attached hydrogens (primary N) is 1. The lowest BCUT2D eigenvalue weighted by Crippen LogP contribution is -2.40. The lowest BCUT2D eigenvalue weighted by molar-refractivity contribution is -0.0212. The van der Waals surface area contributed by atoms with Crippen LogP contribution < -0.4 is 5.73 Å². The third-order valence-corrected chi connectivity index (χ3v) is 2.97. The van der Waals surface area contributed by atoms with Crippen LogP contribution >= 0.6 is 0 Å². The van der Waals surface area contributed by atoms with Crippen molar-refractivity contribution in [3.05, 3.63) is 35.4 Å². The maximum Gasteiger partial charge on any atom is 0.122 e. The molecule has 1 fully saturated rings. The van der Waals surface area contributed by atoms with E-state index in [2.05, 4.69) is 17.9 Å². The van der Waals surface area contributed by atoms with Gasteiger partial charge < -0.3 is 10.5 Å². The summed E-state index contributed by atoms with van der Waals surface area (Å²) in [6.07, 6.45) is 0.305. The third kappa shape index (κ3) is 3.28. The average molecular weight is 233 g/mol. The van der Waals surface area contributed by atoms with Crippen molar-refractivity contribution >= 4 is 5.84 Å². The fourth-order valence-electron chi connectivity index (χ4n) is 2.13. The normalized spacial score (nSPS) is 21.4. The summed E-state index contributed by atoms with van der Waals surface area (Å²) in [6.45, 7) is 5.72. The predicted molar refractivity (Wildman–Crippen MR) is 68.1 cm³/mol. The molecule has 1 heterocycles. The number of nitrogen functional groups attached to an aromatic ring is 1. The summed E-state index contributed by atoms with van der Waals surface area (Å²) in [6, 6.07) is 7.89. The molecular weight excluding hydrogens is 214 g/mol. The maximum atomic E-state index is 7.43. The van der Waals surface area contributed by atoms with Crippen molar-refractivity contribution in [3.63, 3.8) is 0 Å². The van der Waals surface area contributed by atoms with Crippen LogP contribution in [0.1, 0.15) is 18.1 Å². The van der Waals surface area contributed by atoms with Gasteiger partial charge in [0.1, 0.15) is 5.84 Å². The van der Waals surface area contributed by atoms with Crippen LogP contribution in [0, 0.1) is 5.41 Å². The molecule has 92 valence electrons. The van der Waals surface area contributed by atoms with Gasteiger partial charge in [-0.3, -0.25) is 10.3 Å². The Morgan fingerprint density at radius 3 is 3.12 bits per heavy atom. The van der Waals surface area contributed by atoms with Crippen LogP contribution in [0.3, 0.4) is 0 Å². The third-order valence-electron chi connectivity index (χ3n) is 2.97. The number of amidine groups is 1. The summed E-state index contributed by atoms with van der Waals surface area (Å²) in [4.78, 5) is 2.37. The Morgan fingerprint density at radius 2 is 2.41 bits per heavy atom. The number of hydrogen-bond acceptors (Lipinski definition) is 3. The van der Waals surface area contributed by atoms with Crippen molar-refractivity contribution in [3.8, 4) is 0 Å². The summed E-state index contributed by atoms with van der Waals surface area (Å²) in [5.74, 6) is 0.127. The smallest absolute Gasteiger partial charge is 0.122 e. The number of nitrogens with one attached hydrogen (secondary N) is 1. The molecule has 2 rings (SSSR count). The number of benzene rings is 1. The molecule has 1 aromatic rings. The molecule has 1 atom stereocenters. The zero-order valence-corrected chi connectivity index (χ0v) is 10.1. The molecule has 0 bridgehead atoms. The first-order valence-electron chi connectivity index (χ1n) is 5.92. The van der Waals surface area contributed by atoms with Crippen molar-refractivity contribution in [2.45, 2.75) is 19.6 Å². The standard InChI is InChI=1S/C13H19N3O/c1-10-8-16(5-6-17-10)9-11-3-2-4-12(7-11)13(14)15/h2-4,7,10H,5-6,8-9H2,1H3,(H3,14,15). The highest BCUT2D eigenvalue weighted by Gasteiger charge is 2.16. The molecule has 1 saturated heterocycles. The Kier molecular flexibility index (Phi) is 3.76. The minimum absolute atomic E-state index is 0.127. The molecule has 1 aliphatic rings. The quantitative estimate of drug-likeness (QED) is 0.609. The molecule has 1 unspecified atom stereocenters. The summed E-state index contributed by atoms with van der Waals surface area (Å²) in [7, 11) is 0. The van der Waals surface area contributed by atoms with Crippen LogP contribution in [0.15, 0.2) is 24.3 Å². The molecule has 4 nitrogen and oxygen atoms in total. The van der Waals surface area contributed by atoms with Gasteiger partial charge in [0.25, 0.3) is 0 Å². The van der Waals surface area contributed by atoms with E-state index >= 15 is 0 Å². The molecule has 1 aromatic carbocycles. The van der Waals surface area contributed by atoms with Crippen molar-refractivity contribution < 1.29 is 4.74 Å². The number of hydrogen-bond donors (Lipinski definition) is 2. The van der Waals surface area contributed by atoms with Crippen LogP contribution in [0.4, 0.5) is 0 Å². The fourth-order valence-corrected chi connectivity index (χ4v) is 2.13. The van der Waals surface area contributed by atoms with Gasteiger partial charge in [-0.05, 0) is 18.6 Å². The maximum absolute atomic E-state index is 7.43. The van der Waals surface area contributed by atoms with E-state index in [1.165, 1.54) is 5.56 Å². The number of ether oxygens (including phenoxy) is 1. The Balaban J connectivity index is 2.02. The van der Waals surface area contributed by atoms with Gasteiger partial charge in [-0.1, -0.05) is 18.2 Å². The second kappa shape index (κ2) is 5.29. The lowest BCUT2D eigenvalue weighted by Gasteiger charge is -2.31. The van der Waals surface area contributed by atoms with Crippen LogP contribution in [-0.4, -0.2) is 36.5 Å². The van der Waals surface area contributed by atoms with Crippen LogP contribution in [0.25, 0.3) is 0 Å². The van der Waals surface area contributed by atoms with Crippen molar-refractivity contribution in [1.82, 2.24) is 4.90 Å². The van der Waals surface area contributed by atoms with Gasteiger partial charge >= 0.3 is 0 Å². The van der Waals surface area contributed by atoms with Crippen molar-refractivity contribution in [2.24, 2.45) is 5.73 Å². The first-order valence-corrected chi connectivity index (χ1v) is 5.92. The van der Waals surface area contributed by atoms with Gasteiger partial charge in [-0.25, -0.2) is 0 Å². The van der Waals surface area contributed by atoms with Crippen LogP contribution in [0.2, 0.25) is 0 Å². The SMILES string of the molecule is CC1CN(Cc2cccc(C(=N)N)c2)CCO1. The molecule has 0 aliphatic carbocycles. The first-order chi connectivity index (χ1) is 8.15. The van der Waals surface area contributed by atoms with E-state index in [1.54, 1.807) is 0 Å². The summed E-state index contributed by atoms with van der Waals surface area (Å²) < 4.78 is 5.51. The second-order valence-electron chi connectivity index (χ2n) is 4.53. The van der Waals surface area contributed by atoms with Gasteiger partial charge in [0.2, 0.25) is 0 Å². The molecule has 0 saturated carbocycles. The number of rotatable bonds is 3. The highest BCUT2D eigenvalue weighted by Crippen LogP contribution is 2.11. The Bertz CT molecular complexity index is 405. The zero-order chi connectivity index (χ0) is 12.3. The Labute approximate surface area is 102 Å². The minimum atomic E-state index is 0.127. The predicted octanol–water partition coefficient (Wildman–Crippen LogP) is 1.19. The first kappa shape index (κ1) is 12.1. The topological polar surface area (TPSA) is 62.3 Å². The summed E-state index contributed by atoms with van der Waals surface area (Å²) in [5.41, 5.74) is 7.48. The van der Waals surface area contributed by atoms with Gasteiger partial charge in [0, 0.05) is 25.2 Å². The van der Waals surface area contributed by atoms with E-state index < -0.39 is 0 Å². The van der Waals surface area contributed by atoms with E-state index in [0.29, 0.717) is 6.10 Å². The summed E-state index contributed by atoms with van der Waals surface area (Å²) in [5, 5.41) is 7.43. The van der Waals surface area contributed by atoms with Crippen molar-refractivity contribution in [1.29, 1.82) is 5.41 Å². The number of nitrogens with zero attached hydrogens (tertiary/aromatic N) is 1. The van der Waals surface area contributed by atoms with E-state index in [1.807, 2.05) is 18.2 Å². The zero-order valence-electron chi connectivity index (χ0n) is 10.1. The molecular formula is C13H19N3O. The monoisotopic (exact) mass is 233 g/mol. The molecule has 0 amide bonds. The molecule has 1 aliphatic heterocycles. The largest absolute Gasteiger partial charge is 0.384 e. The molecule has 0 spiro atoms. The van der Waals surface area contributed by atoms with Crippen molar-refractivity contribution in [2.75, 3.05) is 19.7 Å². The Hall–Kier alpha value is -1.39. The van der Waals surface area contributed by atoms with E-state index in [-0.39, 0.29) is 5.84 Å². The second-order valence-corrected chi connectivity index (χ2v) is 4.53. The van der Waals surface area contributed by atoms with E-state index in [4.69, 9.17) is 15.9 Å². The van der Waals surface area contributed by atoms with E-state index in [0.717, 1.165) is 31.8 Å². The van der Waals surface area contributed by atoms with Gasteiger partial charge in [0.05, 0.1) is 12.7 Å². The molecule has 0 aromatic heterocycles. The van der Waals surface area contributed by atoms with Gasteiger partial charge in [-0.2, -0.15) is 0 Å². The van der Waals surface area contributed by atoms with Crippen LogP contribution in [0.5, 0.6) is 0 Å². The van der Waals surface area contributed by atoms with E-state index in [9.17, 15) is 0 Å². The van der Waals surface area contributed by atoms with Gasteiger partial charge in [-0.15, -0.1) is 0 Å². The van der Waals surface area contributed by atoms with Crippen LogP contribution in [-0.2, 0) is 11.3 Å². The van der Waals surface area contributed by atoms with Gasteiger partial charge in [0.15, 0.2) is 0 Å². The fraction of sp³-hybridized carbons (Fsp3) is 0.462. The molecule has 3 N–H and O–H groups in total. The highest BCUT2D eigenvalue weighted by atomic mass is 16.5. The minimum Gasteiger partial charge on any atom is -0.384 e.